The van der Waals surface area contributed by atoms with E-state index in [0.717, 1.165) is 35.5 Å². The lowest BCUT2D eigenvalue weighted by Crippen LogP contribution is -2.40. The van der Waals surface area contributed by atoms with Gasteiger partial charge in [0, 0.05) is 18.9 Å². The summed E-state index contributed by atoms with van der Waals surface area (Å²) in [6.45, 7) is 12.1. The van der Waals surface area contributed by atoms with Gasteiger partial charge in [0.15, 0.2) is 5.84 Å². The summed E-state index contributed by atoms with van der Waals surface area (Å²) in [7, 11) is 4.60. The predicted octanol–water partition coefficient (Wildman–Crippen LogP) is 7.12. The van der Waals surface area contributed by atoms with Crippen molar-refractivity contribution in [3.63, 3.8) is 0 Å². The maximum absolute atomic E-state index is 4.71. The highest BCUT2D eigenvalue weighted by Crippen LogP contribution is 2.27. The zero-order valence-corrected chi connectivity index (χ0v) is 21.5. The number of hydrogen-bond donors (Lipinski definition) is 2. The first-order valence-electron chi connectivity index (χ1n) is 11.3. The Morgan fingerprint density at radius 3 is 2.76 bits per heavy atom. The Labute approximate surface area is 201 Å². The van der Waals surface area contributed by atoms with Crippen molar-refractivity contribution in [1.82, 2.24) is 10.4 Å². The Balaban J connectivity index is 0.000000293. The molecule has 0 bridgehead atoms. The molecule has 5 nitrogen and oxygen atoms in total. The molecule has 3 aliphatic rings. The number of hydrogen-bond acceptors (Lipinski definition) is 4. The minimum Gasteiger partial charge on any atom is -0.388 e. The fraction of sp³-hybridized carbons (Fsp3) is 0.259. The van der Waals surface area contributed by atoms with Gasteiger partial charge in [-0.3, -0.25) is 10.4 Å². The number of nitrogens with one attached hydrogen (secondary N) is 2. The van der Waals surface area contributed by atoms with Crippen LogP contribution in [0, 0.1) is 0 Å². The second kappa shape index (κ2) is 13.4. The van der Waals surface area contributed by atoms with Gasteiger partial charge in [-0.05, 0) is 61.3 Å². The van der Waals surface area contributed by atoms with Gasteiger partial charge in [-0.15, -0.1) is 9.24 Å². The van der Waals surface area contributed by atoms with Crippen LogP contribution in [0.15, 0.2) is 93.5 Å². The van der Waals surface area contributed by atoms with Crippen LogP contribution in [0.2, 0.25) is 0 Å². The molecule has 2 aliphatic heterocycles. The molecule has 0 saturated heterocycles. The van der Waals surface area contributed by atoms with Gasteiger partial charge in [-0.1, -0.05) is 62.5 Å². The van der Waals surface area contributed by atoms with E-state index in [4.69, 9.17) is 4.99 Å². The standard InChI is InChI=1S/C17H19N5.C8H11P.C2H6/c1-4-13-10-14(7-8-15(13)18-3)21-17-16-12(2)6-5-9-22(16)20-11-19-17;1-7-4-2-3-5-8(9)6-7;1-2/h4-5,7-11,18H,1,6H2,2-3H3,(H,19,20,21);2,4-6H,3,9H2,1H3;1-2H3. The highest BCUT2D eigenvalue weighted by Gasteiger charge is 2.21. The number of aliphatic imine (C=N–C) groups is 2. The van der Waals surface area contributed by atoms with Crippen molar-refractivity contribution in [3.05, 3.63) is 89.1 Å². The second-order valence-corrected chi connectivity index (χ2v) is 8.03. The number of benzene rings is 1. The molecular weight excluding hydrogens is 425 g/mol. The van der Waals surface area contributed by atoms with Gasteiger partial charge in [-0.2, -0.15) is 0 Å². The van der Waals surface area contributed by atoms with E-state index in [9.17, 15) is 0 Å². The molecule has 4 rings (SSSR count). The van der Waals surface area contributed by atoms with Crippen molar-refractivity contribution in [3.8, 4) is 0 Å². The molecule has 33 heavy (non-hydrogen) atoms. The molecular formula is C27H36N5P. The summed E-state index contributed by atoms with van der Waals surface area (Å²) in [5, 5.41) is 6.38. The molecule has 0 fully saturated rings. The third-order valence-electron chi connectivity index (χ3n) is 4.94. The fourth-order valence-corrected chi connectivity index (χ4v) is 3.78. The summed E-state index contributed by atoms with van der Waals surface area (Å²) in [6, 6.07) is 5.98. The summed E-state index contributed by atoms with van der Waals surface area (Å²) in [5.41, 5.74) is 9.59. The predicted molar refractivity (Wildman–Crippen MR) is 150 cm³/mol. The van der Waals surface area contributed by atoms with Crippen molar-refractivity contribution in [2.75, 3.05) is 12.4 Å². The fourth-order valence-electron chi connectivity index (χ4n) is 3.38. The highest BCUT2D eigenvalue weighted by molar-refractivity contribution is 7.22. The third-order valence-corrected chi connectivity index (χ3v) is 5.35. The first kappa shape index (κ1) is 26.1. The lowest BCUT2D eigenvalue weighted by molar-refractivity contribution is 0.424. The molecule has 2 N–H and O–H groups in total. The van der Waals surface area contributed by atoms with E-state index in [1.165, 1.54) is 16.5 Å². The SMILES string of the molecule is C=Cc1cc(N=C2N=CNN3C=CCC(C)=C23)ccc1NC.CC.CC1=CC(P)=CCC=C1. The number of rotatable bonds is 3. The smallest absolute Gasteiger partial charge is 0.180 e. The Morgan fingerprint density at radius 1 is 1.24 bits per heavy atom. The van der Waals surface area contributed by atoms with E-state index in [2.05, 4.69) is 75.8 Å². The van der Waals surface area contributed by atoms with Crippen LogP contribution in [0.1, 0.15) is 46.1 Å². The molecule has 0 spiro atoms. The van der Waals surface area contributed by atoms with E-state index < -0.39 is 0 Å². The highest BCUT2D eigenvalue weighted by atomic mass is 31.0. The largest absolute Gasteiger partial charge is 0.388 e. The molecule has 1 aromatic carbocycles. The quantitative estimate of drug-likeness (QED) is 0.471. The van der Waals surface area contributed by atoms with Crippen LogP contribution in [0.25, 0.3) is 6.08 Å². The molecule has 6 heteroatoms. The van der Waals surface area contributed by atoms with Gasteiger partial charge in [-0.25, -0.2) is 9.98 Å². The maximum Gasteiger partial charge on any atom is 0.180 e. The summed E-state index contributed by atoms with van der Waals surface area (Å²) in [5.74, 6) is 0.716. The molecule has 0 radical (unpaired) electrons. The molecule has 1 aliphatic carbocycles. The van der Waals surface area contributed by atoms with Crippen molar-refractivity contribution in [2.24, 2.45) is 9.98 Å². The van der Waals surface area contributed by atoms with Crippen molar-refractivity contribution < 1.29 is 0 Å². The lowest BCUT2D eigenvalue weighted by atomic mass is 10.1. The number of allylic oxidation sites excluding steroid dienone is 8. The molecule has 1 aromatic rings. The van der Waals surface area contributed by atoms with E-state index in [0.29, 0.717) is 5.84 Å². The van der Waals surface area contributed by atoms with E-state index >= 15 is 0 Å². The van der Waals surface area contributed by atoms with Gasteiger partial charge in [0.1, 0.15) is 12.0 Å². The zero-order valence-electron chi connectivity index (χ0n) is 20.4. The van der Waals surface area contributed by atoms with Crippen LogP contribution in [-0.2, 0) is 0 Å². The number of anilines is 1. The molecule has 1 unspecified atom stereocenters. The van der Waals surface area contributed by atoms with Gasteiger partial charge < -0.3 is 5.32 Å². The Hall–Kier alpha value is -3.17. The first-order chi connectivity index (χ1) is 16.0. The summed E-state index contributed by atoms with van der Waals surface area (Å²) < 4.78 is 0. The average molecular weight is 462 g/mol. The van der Waals surface area contributed by atoms with Crippen molar-refractivity contribution >= 4 is 38.9 Å². The maximum atomic E-state index is 4.71. The minimum absolute atomic E-state index is 0.716. The number of fused-ring (bicyclic) bond motifs is 1. The second-order valence-electron chi connectivity index (χ2n) is 7.37. The number of nitrogens with zero attached hydrogens (tertiary/aromatic N) is 3. The third kappa shape index (κ3) is 7.44. The molecule has 0 saturated carbocycles. The first-order valence-corrected chi connectivity index (χ1v) is 11.9. The van der Waals surface area contributed by atoms with E-state index in [-0.39, 0.29) is 0 Å². The molecule has 0 amide bonds. The van der Waals surface area contributed by atoms with Crippen LogP contribution in [0.4, 0.5) is 11.4 Å². The van der Waals surface area contributed by atoms with Crippen LogP contribution in [-0.4, -0.2) is 24.2 Å². The van der Waals surface area contributed by atoms with Crippen LogP contribution >= 0.6 is 9.24 Å². The van der Waals surface area contributed by atoms with Gasteiger partial charge >= 0.3 is 0 Å². The van der Waals surface area contributed by atoms with Crippen LogP contribution in [0.3, 0.4) is 0 Å². The lowest BCUT2D eigenvalue weighted by Gasteiger charge is -2.30. The zero-order chi connectivity index (χ0) is 24.2. The summed E-state index contributed by atoms with van der Waals surface area (Å²) in [6.07, 6.45) is 18.2. The van der Waals surface area contributed by atoms with E-state index in [1.807, 2.05) is 56.4 Å². The monoisotopic (exact) mass is 461 g/mol. The minimum atomic E-state index is 0.716. The molecule has 1 atom stereocenters. The van der Waals surface area contributed by atoms with Gasteiger partial charge in [0.25, 0.3) is 0 Å². The van der Waals surface area contributed by atoms with Crippen molar-refractivity contribution in [2.45, 2.75) is 40.5 Å². The van der Waals surface area contributed by atoms with Crippen LogP contribution in [0.5, 0.6) is 0 Å². The molecule has 2 heterocycles. The van der Waals surface area contributed by atoms with Gasteiger partial charge in [0.2, 0.25) is 0 Å². The normalized spacial score (nSPS) is 17.4. The summed E-state index contributed by atoms with van der Waals surface area (Å²) >= 11 is 0. The Morgan fingerprint density at radius 2 is 2.03 bits per heavy atom. The Kier molecular flexibility index (Phi) is 10.6. The number of hydrazine groups is 1. The van der Waals surface area contributed by atoms with Crippen molar-refractivity contribution in [1.29, 1.82) is 0 Å². The van der Waals surface area contributed by atoms with E-state index in [1.54, 1.807) is 6.34 Å². The molecule has 0 aromatic heterocycles. The Bertz CT molecular complexity index is 1050. The molecule has 174 valence electrons. The topological polar surface area (TPSA) is 52.0 Å². The number of amidine groups is 1. The van der Waals surface area contributed by atoms with Crippen LogP contribution < -0.4 is 10.7 Å². The van der Waals surface area contributed by atoms with Gasteiger partial charge in [0.05, 0.1) is 5.69 Å². The summed E-state index contributed by atoms with van der Waals surface area (Å²) in [4.78, 5) is 9.10. The average Bonchev–Trinajstić information content (AvgIpc) is 3.03.